The van der Waals surface area contributed by atoms with E-state index in [-0.39, 0.29) is 17.8 Å². The molecule has 0 bridgehead atoms. The molecule has 1 heterocycles. The number of aryl methyl sites for hydroxylation is 1. The minimum atomic E-state index is -0.288. The van der Waals surface area contributed by atoms with Gasteiger partial charge in [0.15, 0.2) is 0 Å². The summed E-state index contributed by atoms with van der Waals surface area (Å²) in [6.45, 7) is 2.38. The van der Waals surface area contributed by atoms with Crippen molar-refractivity contribution in [2.45, 2.75) is 19.5 Å². The third kappa shape index (κ3) is 3.76. The largest absolute Gasteiger partial charge is 0.330 e. The summed E-state index contributed by atoms with van der Waals surface area (Å²) in [6, 6.07) is 16.0. The fourth-order valence-electron chi connectivity index (χ4n) is 2.79. The van der Waals surface area contributed by atoms with Crippen LogP contribution in [0.5, 0.6) is 0 Å². The monoisotopic (exact) mass is 337 g/mol. The molecule has 1 amide bonds. The van der Waals surface area contributed by atoms with Gasteiger partial charge in [-0.25, -0.2) is 9.37 Å². The van der Waals surface area contributed by atoms with Crippen molar-refractivity contribution in [3.05, 3.63) is 89.8 Å². The lowest BCUT2D eigenvalue weighted by Gasteiger charge is -2.30. The Morgan fingerprint density at radius 1 is 1.16 bits per heavy atom. The van der Waals surface area contributed by atoms with Crippen molar-refractivity contribution in [1.29, 1.82) is 0 Å². The number of carbonyl (C=O) groups excluding carboxylic acids is 1. The van der Waals surface area contributed by atoms with E-state index in [1.165, 1.54) is 12.1 Å². The number of aromatic nitrogens is 2. The van der Waals surface area contributed by atoms with Gasteiger partial charge in [0, 0.05) is 13.6 Å². The van der Waals surface area contributed by atoms with Gasteiger partial charge in [0.05, 0.1) is 18.6 Å². The highest BCUT2D eigenvalue weighted by Gasteiger charge is 2.25. The Morgan fingerprint density at radius 2 is 1.84 bits per heavy atom. The summed E-state index contributed by atoms with van der Waals surface area (Å²) in [5.41, 5.74) is 2.43. The third-order valence-corrected chi connectivity index (χ3v) is 4.31. The Labute approximate surface area is 146 Å². The molecule has 3 rings (SSSR count). The van der Waals surface area contributed by atoms with Crippen LogP contribution < -0.4 is 0 Å². The van der Waals surface area contributed by atoms with Gasteiger partial charge in [0.1, 0.15) is 11.5 Å². The van der Waals surface area contributed by atoms with Crippen molar-refractivity contribution >= 4 is 5.91 Å². The van der Waals surface area contributed by atoms with E-state index in [0.29, 0.717) is 12.2 Å². The van der Waals surface area contributed by atoms with Gasteiger partial charge in [0.25, 0.3) is 5.91 Å². The Balaban J connectivity index is 1.94. The van der Waals surface area contributed by atoms with Crippen LogP contribution in [0.4, 0.5) is 4.39 Å². The molecule has 0 aliphatic rings. The van der Waals surface area contributed by atoms with Crippen LogP contribution in [0.25, 0.3) is 0 Å². The molecule has 0 aliphatic heterocycles. The van der Waals surface area contributed by atoms with Gasteiger partial charge in [-0.15, -0.1) is 0 Å². The van der Waals surface area contributed by atoms with Gasteiger partial charge in [-0.1, -0.05) is 42.5 Å². The van der Waals surface area contributed by atoms with E-state index in [2.05, 4.69) is 4.98 Å². The minimum Gasteiger partial charge on any atom is -0.330 e. The highest BCUT2D eigenvalue weighted by atomic mass is 19.1. The molecule has 0 aliphatic carbocycles. The number of rotatable bonds is 5. The van der Waals surface area contributed by atoms with Gasteiger partial charge >= 0.3 is 0 Å². The fourth-order valence-corrected chi connectivity index (χ4v) is 2.79. The van der Waals surface area contributed by atoms with Gasteiger partial charge in [-0.3, -0.25) is 4.79 Å². The topological polar surface area (TPSA) is 38.1 Å². The number of hydrogen-bond acceptors (Lipinski definition) is 2. The van der Waals surface area contributed by atoms with E-state index in [0.717, 1.165) is 11.1 Å². The summed E-state index contributed by atoms with van der Waals surface area (Å²) in [6.07, 6.45) is 3.17. The normalized spacial score (nSPS) is 12.0. The number of carbonyl (C=O) groups is 1. The molecular weight excluding hydrogens is 317 g/mol. The molecule has 1 aromatic heterocycles. The molecular formula is C20H20FN3O. The number of hydrogen-bond donors (Lipinski definition) is 0. The van der Waals surface area contributed by atoms with Crippen molar-refractivity contribution in [1.82, 2.24) is 14.5 Å². The summed E-state index contributed by atoms with van der Waals surface area (Å²) in [7, 11) is 1.80. The summed E-state index contributed by atoms with van der Waals surface area (Å²) in [5, 5.41) is 0. The van der Waals surface area contributed by atoms with E-state index in [1.807, 2.05) is 37.3 Å². The van der Waals surface area contributed by atoms with Crippen LogP contribution >= 0.6 is 0 Å². The first-order valence-corrected chi connectivity index (χ1v) is 8.13. The lowest BCUT2D eigenvalue weighted by atomic mass is 10.1. The van der Waals surface area contributed by atoms with Gasteiger partial charge in [-0.2, -0.15) is 0 Å². The molecule has 3 aromatic rings. The SMILES string of the molecule is CC(c1ccccc1)N(Cc1ccc(F)cc1)C(=O)c1cncn1C. The molecule has 1 unspecified atom stereocenters. The number of benzene rings is 2. The molecule has 0 saturated carbocycles. The van der Waals surface area contributed by atoms with E-state index < -0.39 is 0 Å². The lowest BCUT2D eigenvalue weighted by molar-refractivity contribution is 0.0664. The van der Waals surface area contributed by atoms with E-state index in [9.17, 15) is 9.18 Å². The average Bonchev–Trinajstić information content (AvgIpc) is 3.07. The molecule has 4 nitrogen and oxygen atoms in total. The van der Waals surface area contributed by atoms with Crippen molar-refractivity contribution in [2.24, 2.45) is 7.05 Å². The summed E-state index contributed by atoms with van der Waals surface area (Å²) in [5.74, 6) is -0.398. The second-order valence-electron chi connectivity index (χ2n) is 6.04. The molecule has 1 atom stereocenters. The number of nitrogens with zero attached hydrogens (tertiary/aromatic N) is 3. The maximum atomic E-state index is 13.2. The lowest BCUT2D eigenvalue weighted by Crippen LogP contribution is -2.34. The predicted octanol–water partition coefficient (Wildman–Crippen LogP) is 3.96. The first-order valence-electron chi connectivity index (χ1n) is 8.13. The smallest absolute Gasteiger partial charge is 0.272 e. The number of halogens is 1. The van der Waals surface area contributed by atoms with Crippen molar-refractivity contribution in [3.8, 4) is 0 Å². The molecule has 0 radical (unpaired) electrons. The van der Waals surface area contributed by atoms with E-state index in [1.54, 1.807) is 41.2 Å². The van der Waals surface area contributed by atoms with E-state index >= 15 is 0 Å². The zero-order chi connectivity index (χ0) is 17.8. The summed E-state index contributed by atoms with van der Waals surface area (Å²) < 4.78 is 14.9. The predicted molar refractivity (Wildman–Crippen MR) is 94.3 cm³/mol. The van der Waals surface area contributed by atoms with Crippen LogP contribution in [0.15, 0.2) is 67.1 Å². The second-order valence-corrected chi connectivity index (χ2v) is 6.04. The maximum absolute atomic E-state index is 13.2. The van der Waals surface area contributed by atoms with Crippen molar-refractivity contribution in [3.63, 3.8) is 0 Å². The Kier molecular flexibility index (Phi) is 4.93. The molecule has 2 aromatic carbocycles. The third-order valence-electron chi connectivity index (χ3n) is 4.31. The number of imidazole rings is 1. The Hall–Kier alpha value is -2.95. The fraction of sp³-hybridized carbons (Fsp3) is 0.200. The summed E-state index contributed by atoms with van der Waals surface area (Å²) in [4.78, 5) is 18.9. The van der Waals surface area contributed by atoms with Gasteiger partial charge in [0.2, 0.25) is 0 Å². The first kappa shape index (κ1) is 16.9. The quantitative estimate of drug-likeness (QED) is 0.707. The van der Waals surface area contributed by atoms with Crippen molar-refractivity contribution in [2.75, 3.05) is 0 Å². The molecule has 0 spiro atoms. The molecule has 25 heavy (non-hydrogen) atoms. The molecule has 0 saturated heterocycles. The Morgan fingerprint density at radius 3 is 2.44 bits per heavy atom. The van der Waals surface area contributed by atoms with Crippen LogP contribution in [0.1, 0.15) is 34.6 Å². The molecule has 128 valence electrons. The van der Waals surface area contributed by atoms with Gasteiger partial charge < -0.3 is 9.47 Å². The minimum absolute atomic E-state index is 0.110. The van der Waals surface area contributed by atoms with Crippen LogP contribution in [0.2, 0.25) is 0 Å². The highest BCUT2D eigenvalue weighted by Crippen LogP contribution is 2.24. The van der Waals surface area contributed by atoms with Crippen LogP contribution in [-0.4, -0.2) is 20.4 Å². The summed E-state index contributed by atoms with van der Waals surface area (Å²) >= 11 is 0. The van der Waals surface area contributed by atoms with E-state index in [4.69, 9.17) is 0 Å². The van der Waals surface area contributed by atoms with Crippen LogP contribution in [-0.2, 0) is 13.6 Å². The second kappa shape index (κ2) is 7.30. The highest BCUT2D eigenvalue weighted by molar-refractivity contribution is 5.92. The molecule has 0 fully saturated rings. The first-order chi connectivity index (χ1) is 12.1. The zero-order valence-electron chi connectivity index (χ0n) is 14.3. The zero-order valence-corrected chi connectivity index (χ0v) is 14.3. The van der Waals surface area contributed by atoms with Crippen LogP contribution in [0, 0.1) is 5.82 Å². The molecule has 0 N–H and O–H groups in total. The standard InChI is InChI=1S/C20H20FN3O/c1-15(17-6-4-3-5-7-17)24(13-16-8-10-18(21)11-9-16)20(25)19-12-22-14-23(19)2/h3-12,14-15H,13H2,1-2H3. The van der Waals surface area contributed by atoms with Crippen molar-refractivity contribution < 1.29 is 9.18 Å². The maximum Gasteiger partial charge on any atom is 0.272 e. The average molecular weight is 337 g/mol. The van der Waals surface area contributed by atoms with Crippen LogP contribution in [0.3, 0.4) is 0 Å². The number of amides is 1. The molecule has 5 heteroatoms. The Bertz CT molecular complexity index is 843. The van der Waals surface area contributed by atoms with Gasteiger partial charge in [-0.05, 0) is 30.2 Å².